The average molecular weight is 275 g/mol. The first kappa shape index (κ1) is 14.9. The van der Waals surface area contributed by atoms with Gasteiger partial charge in [0.15, 0.2) is 0 Å². The summed E-state index contributed by atoms with van der Waals surface area (Å²) >= 11 is 0. The number of nitrogens with one attached hydrogen (secondary N) is 1. The van der Waals surface area contributed by atoms with Crippen molar-refractivity contribution in [1.82, 2.24) is 5.32 Å². The maximum atomic E-state index is 11.6. The molecule has 0 bridgehead atoms. The first-order valence-corrected chi connectivity index (χ1v) is 7.68. The highest BCUT2D eigenvalue weighted by Crippen LogP contribution is 2.37. The van der Waals surface area contributed by atoms with Gasteiger partial charge in [-0.15, -0.1) is 0 Å². The standard InChI is InChI=1S/C17H25NO2/c1-3-4-5-17(19)18-11-10-14-7-6-13-8-9-15(20-2)12-16(13)14/h8-9,12,14H,3-7,10-11H2,1-2H3,(H,18,19)/t14-/m1/s1. The molecule has 110 valence electrons. The van der Waals surface area contributed by atoms with Gasteiger partial charge in [0.1, 0.15) is 5.75 Å². The Hall–Kier alpha value is -1.51. The van der Waals surface area contributed by atoms with Crippen molar-refractivity contribution >= 4 is 5.91 Å². The van der Waals surface area contributed by atoms with E-state index in [-0.39, 0.29) is 5.91 Å². The highest BCUT2D eigenvalue weighted by molar-refractivity contribution is 5.75. The highest BCUT2D eigenvalue weighted by atomic mass is 16.5. The van der Waals surface area contributed by atoms with Crippen LogP contribution in [0, 0.1) is 0 Å². The molecule has 0 radical (unpaired) electrons. The van der Waals surface area contributed by atoms with Crippen LogP contribution in [0.1, 0.15) is 56.1 Å². The average Bonchev–Trinajstić information content (AvgIpc) is 2.87. The van der Waals surface area contributed by atoms with Crippen molar-refractivity contribution in [2.24, 2.45) is 0 Å². The number of amides is 1. The van der Waals surface area contributed by atoms with Crippen LogP contribution >= 0.6 is 0 Å². The van der Waals surface area contributed by atoms with Crippen LogP contribution in [-0.4, -0.2) is 19.6 Å². The van der Waals surface area contributed by atoms with Crippen LogP contribution < -0.4 is 10.1 Å². The third kappa shape index (κ3) is 3.75. The molecule has 1 aliphatic carbocycles. The van der Waals surface area contributed by atoms with Gasteiger partial charge in [-0.3, -0.25) is 4.79 Å². The summed E-state index contributed by atoms with van der Waals surface area (Å²) in [6.45, 7) is 2.89. The van der Waals surface area contributed by atoms with Gasteiger partial charge in [0, 0.05) is 13.0 Å². The smallest absolute Gasteiger partial charge is 0.219 e. The number of hydrogen-bond acceptors (Lipinski definition) is 2. The van der Waals surface area contributed by atoms with E-state index in [1.54, 1.807) is 7.11 Å². The molecular weight excluding hydrogens is 250 g/mol. The number of ether oxygens (including phenoxy) is 1. The minimum absolute atomic E-state index is 0.190. The Bertz CT molecular complexity index is 456. The summed E-state index contributed by atoms with van der Waals surface area (Å²) in [4.78, 5) is 11.6. The molecule has 1 aromatic carbocycles. The Balaban J connectivity index is 1.83. The molecular formula is C17H25NO2. The van der Waals surface area contributed by atoms with Crippen LogP contribution in [0.2, 0.25) is 0 Å². The lowest BCUT2D eigenvalue weighted by atomic mass is 9.97. The Morgan fingerprint density at radius 3 is 3.05 bits per heavy atom. The highest BCUT2D eigenvalue weighted by Gasteiger charge is 2.22. The Labute approximate surface area is 121 Å². The molecule has 0 fully saturated rings. The van der Waals surface area contributed by atoms with E-state index in [0.717, 1.165) is 38.0 Å². The number of aryl methyl sites for hydroxylation is 1. The zero-order valence-electron chi connectivity index (χ0n) is 12.6. The Morgan fingerprint density at radius 2 is 2.30 bits per heavy atom. The Morgan fingerprint density at radius 1 is 1.45 bits per heavy atom. The predicted molar refractivity (Wildman–Crippen MR) is 81.2 cm³/mol. The topological polar surface area (TPSA) is 38.3 Å². The summed E-state index contributed by atoms with van der Waals surface area (Å²) in [5.41, 5.74) is 2.85. The van der Waals surface area contributed by atoms with Gasteiger partial charge >= 0.3 is 0 Å². The monoisotopic (exact) mass is 275 g/mol. The van der Waals surface area contributed by atoms with E-state index in [2.05, 4.69) is 24.4 Å². The van der Waals surface area contributed by atoms with Gasteiger partial charge in [0.05, 0.1) is 7.11 Å². The fourth-order valence-corrected chi connectivity index (χ4v) is 2.90. The summed E-state index contributed by atoms with van der Waals surface area (Å²) < 4.78 is 5.31. The fourth-order valence-electron chi connectivity index (χ4n) is 2.90. The molecule has 1 atom stereocenters. The van der Waals surface area contributed by atoms with E-state index in [1.807, 2.05) is 6.07 Å². The normalized spacial score (nSPS) is 16.8. The van der Waals surface area contributed by atoms with Crippen molar-refractivity contribution in [3.05, 3.63) is 29.3 Å². The van der Waals surface area contributed by atoms with Crippen molar-refractivity contribution < 1.29 is 9.53 Å². The summed E-state index contributed by atoms with van der Waals surface area (Å²) in [5, 5.41) is 3.03. The van der Waals surface area contributed by atoms with Gasteiger partial charge in [0.2, 0.25) is 5.91 Å². The fraction of sp³-hybridized carbons (Fsp3) is 0.588. The van der Waals surface area contributed by atoms with Gasteiger partial charge in [-0.2, -0.15) is 0 Å². The summed E-state index contributed by atoms with van der Waals surface area (Å²) in [6, 6.07) is 6.37. The second-order valence-electron chi connectivity index (χ2n) is 5.54. The number of fused-ring (bicyclic) bond motifs is 1. The number of hydrogen-bond donors (Lipinski definition) is 1. The van der Waals surface area contributed by atoms with Gasteiger partial charge in [-0.05, 0) is 54.9 Å². The van der Waals surface area contributed by atoms with E-state index in [9.17, 15) is 4.79 Å². The number of carbonyl (C=O) groups excluding carboxylic acids is 1. The number of unbranched alkanes of at least 4 members (excludes halogenated alkanes) is 1. The minimum Gasteiger partial charge on any atom is -0.497 e. The summed E-state index contributed by atoms with van der Waals surface area (Å²) in [6.07, 6.45) is 6.07. The lowest BCUT2D eigenvalue weighted by Crippen LogP contribution is -2.25. The molecule has 0 spiro atoms. The molecule has 1 aliphatic rings. The lowest BCUT2D eigenvalue weighted by molar-refractivity contribution is -0.121. The van der Waals surface area contributed by atoms with Crippen molar-refractivity contribution in [1.29, 1.82) is 0 Å². The number of methoxy groups -OCH3 is 1. The third-order valence-corrected chi connectivity index (χ3v) is 4.13. The second-order valence-corrected chi connectivity index (χ2v) is 5.54. The molecule has 0 heterocycles. The van der Waals surface area contributed by atoms with E-state index >= 15 is 0 Å². The van der Waals surface area contributed by atoms with E-state index in [1.165, 1.54) is 17.5 Å². The molecule has 2 rings (SSSR count). The van der Waals surface area contributed by atoms with Crippen molar-refractivity contribution in [3.63, 3.8) is 0 Å². The van der Waals surface area contributed by atoms with Crippen LogP contribution in [0.3, 0.4) is 0 Å². The molecule has 0 aromatic heterocycles. The van der Waals surface area contributed by atoms with Gasteiger partial charge < -0.3 is 10.1 Å². The zero-order valence-corrected chi connectivity index (χ0v) is 12.6. The summed E-state index contributed by atoms with van der Waals surface area (Å²) in [7, 11) is 1.71. The van der Waals surface area contributed by atoms with Crippen LogP contribution in [0.5, 0.6) is 5.75 Å². The first-order valence-electron chi connectivity index (χ1n) is 7.68. The van der Waals surface area contributed by atoms with Crippen LogP contribution in [-0.2, 0) is 11.2 Å². The largest absolute Gasteiger partial charge is 0.497 e. The second kappa shape index (κ2) is 7.32. The van der Waals surface area contributed by atoms with Crippen molar-refractivity contribution in [2.75, 3.05) is 13.7 Å². The van der Waals surface area contributed by atoms with Crippen LogP contribution in [0.25, 0.3) is 0 Å². The SMILES string of the molecule is CCCCC(=O)NCC[C@H]1CCc2ccc(OC)cc21. The summed E-state index contributed by atoms with van der Waals surface area (Å²) in [5.74, 6) is 1.69. The van der Waals surface area contributed by atoms with Gasteiger partial charge in [-0.1, -0.05) is 19.4 Å². The molecule has 3 heteroatoms. The molecule has 3 nitrogen and oxygen atoms in total. The number of rotatable bonds is 7. The number of carbonyl (C=O) groups is 1. The third-order valence-electron chi connectivity index (χ3n) is 4.13. The predicted octanol–water partition coefficient (Wildman–Crippen LogP) is 3.42. The van der Waals surface area contributed by atoms with Crippen molar-refractivity contribution in [3.8, 4) is 5.75 Å². The van der Waals surface area contributed by atoms with Crippen LogP contribution in [0.15, 0.2) is 18.2 Å². The lowest BCUT2D eigenvalue weighted by Gasteiger charge is -2.13. The molecule has 1 N–H and O–H groups in total. The minimum atomic E-state index is 0.190. The maximum Gasteiger partial charge on any atom is 0.219 e. The molecule has 0 aliphatic heterocycles. The molecule has 1 aromatic rings. The zero-order chi connectivity index (χ0) is 14.4. The van der Waals surface area contributed by atoms with E-state index < -0.39 is 0 Å². The van der Waals surface area contributed by atoms with E-state index in [4.69, 9.17) is 4.74 Å². The van der Waals surface area contributed by atoms with E-state index in [0.29, 0.717) is 12.3 Å². The first-order chi connectivity index (χ1) is 9.74. The number of benzene rings is 1. The van der Waals surface area contributed by atoms with Crippen molar-refractivity contribution in [2.45, 2.75) is 51.4 Å². The van der Waals surface area contributed by atoms with Crippen LogP contribution in [0.4, 0.5) is 0 Å². The quantitative estimate of drug-likeness (QED) is 0.828. The van der Waals surface area contributed by atoms with Gasteiger partial charge in [-0.25, -0.2) is 0 Å². The Kier molecular flexibility index (Phi) is 5.45. The molecule has 20 heavy (non-hydrogen) atoms. The molecule has 1 amide bonds. The molecule has 0 saturated carbocycles. The maximum absolute atomic E-state index is 11.6. The molecule has 0 unspecified atom stereocenters. The molecule has 0 saturated heterocycles. The van der Waals surface area contributed by atoms with Gasteiger partial charge in [0.25, 0.3) is 0 Å².